The number of carboxylic acids is 1. The van der Waals surface area contributed by atoms with Crippen LogP contribution in [0.15, 0.2) is 0 Å². The first-order valence-corrected chi connectivity index (χ1v) is 6.69. The maximum absolute atomic E-state index is 12.1. The molecule has 0 aromatic rings. The van der Waals surface area contributed by atoms with Gasteiger partial charge in [-0.1, -0.05) is 6.92 Å². The summed E-state index contributed by atoms with van der Waals surface area (Å²) in [7, 11) is 0. The van der Waals surface area contributed by atoms with Crippen LogP contribution < -0.4 is 5.32 Å². The molecule has 1 aliphatic heterocycles. The molecule has 1 aliphatic rings. The van der Waals surface area contributed by atoms with E-state index in [4.69, 9.17) is 0 Å². The van der Waals surface area contributed by atoms with Gasteiger partial charge in [-0.3, -0.25) is 4.79 Å². The van der Waals surface area contributed by atoms with Gasteiger partial charge in [0, 0.05) is 12.6 Å². The van der Waals surface area contributed by atoms with Gasteiger partial charge in [0.1, 0.15) is 5.54 Å². The van der Waals surface area contributed by atoms with Crippen LogP contribution in [-0.2, 0) is 9.59 Å². The summed E-state index contributed by atoms with van der Waals surface area (Å²) >= 11 is 0. The minimum atomic E-state index is -1.04. The number of nitrogens with one attached hydrogen (secondary N) is 1. The van der Waals surface area contributed by atoms with Crippen molar-refractivity contribution in [2.24, 2.45) is 0 Å². The minimum Gasteiger partial charge on any atom is -0.480 e. The highest BCUT2D eigenvalue weighted by molar-refractivity contribution is 5.87. The fourth-order valence-electron chi connectivity index (χ4n) is 2.24. The molecule has 0 saturated carbocycles. The van der Waals surface area contributed by atoms with Crippen molar-refractivity contribution in [3.05, 3.63) is 0 Å². The maximum atomic E-state index is 12.1. The number of rotatable bonds is 5. The molecule has 18 heavy (non-hydrogen) atoms. The molecule has 0 bridgehead atoms. The normalized spacial score (nSPS) is 25.8. The van der Waals surface area contributed by atoms with Crippen molar-refractivity contribution in [1.82, 2.24) is 10.2 Å². The van der Waals surface area contributed by atoms with Gasteiger partial charge in [-0.25, -0.2) is 4.79 Å². The topological polar surface area (TPSA) is 69.6 Å². The molecule has 0 spiro atoms. The third-order valence-corrected chi connectivity index (χ3v) is 3.87. The molecule has 1 fully saturated rings. The SMILES string of the molecule is CCC(C)NCC(=O)N1CCCCC1(C)C(=O)O. The van der Waals surface area contributed by atoms with Crippen LogP contribution >= 0.6 is 0 Å². The molecular weight excluding hydrogens is 232 g/mol. The number of piperidine rings is 1. The second kappa shape index (κ2) is 6.18. The van der Waals surface area contributed by atoms with E-state index < -0.39 is 11.5 Å². The van der Waals surface area contributed by atoms with Gasteiger partial charge in [-0.05, 0) is 39.5 Å². The van der Waals surface area contributed by atoms with Gasteiger partial charge >= 0.3 is 5.97 Å². The number of hydrogen-bond donors (Lipinski definition) is 2. The van der Waals surface area contributed by atoms with E-state index in [1.165, 1.54) is 4.90 Å². The number of carbonyl (C=O) groups excluding carboxylic acids is 1. The number of likely N-dealkylation sites (tertiary alicyclic amines) is 1. The fourth-order valence-corrected chi connectivity index (χ4v) is 2.24. The summed E-state index contributed by atoms with van der Waals surface area (Å²) in [4.78, 5) is 25.0. The van der Waals surface area contributed by atoms with Crippen molar-refractivity contribution in [1.29, 1.82) is 0 Å². The number of hydrogen-bond acceptors (Lipinski definition) is 3. The average molecular weight is 256 g/mol. The first-order valence-electron chi connectivity index (χ1n) is 6.69. The van der Waals surface area contributed by atoms with Crippen LogP contribution in [0.1, 0.15) is 46.5 Å². The van der Waals surface area contributed by atoms with E-state index >= 15 is 0 Å². The monoisotopic (exact) mass is 256 g/mol. The summed E-state index contributed by atoms with van der Waals surface area (Å²) in [6.45, 7) is 6.47. The van der Waals surface area contributed by atoms with Gasteiger partial charge in [0.05, 0.1) is 6.54 Å². The van der Waals surface area contributed by atoms with Crippen molar-refractivity contribution in [2.45, 2.75) is 58.0 Å². The van der Waals surface area contributed by atoms with Crippen LogP contribution in [0, 0.1) is 0 Å². The van der Waals surface area contributed by atoms with Gasteiger partial charge in [-0.2, -0.15) is 0 Å². The van der Waals surface area contributed by atoms with Crippen LogP contribution in [0.3, 0.4) is 0 Å². The first kappa shape index (κ1) is 15.0. The van der Waals surface area contributed by atoms with E-state index in [1.54, 1.807) is 6.92 Å². The zero-order chi connectivity index (χ0) is 13.8. The molecule has 0 aromatic heterocycles. The predicted molar refractivity (Wildman–Crippen MR) is 69.4 cm³/mol. The van der Waals surface area contributed by atoms with Gasteiger partial charge in [-0.15, -0.1) is 0 Å². The first-order chi connectivity index (χ1) is 8.41. The summed E-state index contributed by atoms with van der Waals surface area (Å²) in [5, 5.41) is 12.4. The van der Waals surface area contributed by atoms with Crippen molar-refractivity contribution in [3.63, 3.8) is 0 Å². The van der Waals surface area contributed by atoms with E-state index in [-0.39, 0.29) is 18.5 Å². The molecular formula is C13H24N2O3. The lowest BCUT2D eigenvalue weighted by Gasteiger charge is -2.41. The number of carbonyl (C=O) groups is 2. The van der Waals surface area contributed by atoms with Crippen LogP contribution in [0.4, 0.5) is 0 Å². The quantitative estimate of drug-likeness (QED) is 0.776. The highest BCUT2D eigenvalue weighted by Gasteiger charge is 2.43. The standard InChI is InChI=1S/C13H24N2O3/c1-4-10(2)14-9-11(16)15-8-6-5-7-13(15,3)12(17)18/h10,14H,4-9H2,1-3H3,(H,17,18). The highest BCUT2D eigenvalue weighted by Crippen LogP contribution is 2.28. The van der Waals surface area contributed by atoms with Crippen LogP contribution in [-0.4, -0.2) is 46.6 Å². The number of aliphatic carboxylic acids is 1. The summed E-state index contributed by atoms with van der Waals surface area (Å²) in [6, 6.07) is 0.273. The molecule has 0 aliphatic carbocycles. The molecule has 0 radical (unpaired) electrons. The van der Waals surface area contributed by atoms with Crippen LogP contribution in [0.5, 0.6) is 0 Å². The highest BCUT2D eigenvalue weighted by atomic mass is 16.4. The van der Waals surface area contributed by atoms with Gasteiger partial charge in [0.15, 0.2) is 0 Å². The predicted octanol–water partition coefficient (Wildman–Crippen LogP) is 1.23. The second-order valence-corrected chi connectivity index (χ2v) is 5.27. The smallest absolute Gasteiger partial charge is 0.329 e. The molecule has 1 amide bonds. The van der Waals surface area contributed by atoms with Crippen LogP contribution in [0.25, 0.3) is 0 Å². The molecule has 1 saturated heterocycles. The molecule has 104 valence electrons. The molecule has 1 heterocycles. The lowest BCUT2D eigenvalue weighted by molar-refractivity contribution is -0.160. The third kappa shape index (κ3) is 3.22. The Morgan fingerprint density at radius 1 is 1.44 bits per heavy atom. The Bertz CT molecular complexity index is 319. The lowest BCUT2D eigenvalue weighted by atomic mass is 9.88. The van der Waals surface area contributed by atoms with E-state index in [1.807, 2.05) is 13.8 Å². The Balaban J connectivity index is 2.66. The van der Waals surface area contributed by atoms with Gasteiger partial charge in [0.2, 0.25) is 5.91 Å². The zero-order valence-electron chi connectivity index (χ0n) is 11.5. The Morgan fingerprint density at radius 2 is 2.11 bits per heavy atom. The van der Waals surface area contributed by atoms with Crippen molar-refractivity contribution >= 4 is 11.9 Å². The van der Waals surface area contributed by atoms with Crippen molar-refractivity contribution < 1.29 is 14.7 Å². The summed E-state index contributed by atoms with van der Waals surface area (Å²) in [6.07, 6.45) is 3.24. The van der Waals surface area contributed by atoms with Gasteiger partial charge in [0.25, 0.3) is 0 Å². The number of nitrogens with zero attached hydrogens (tertiary/aromatic N) is 1. The molecule has 2 atom stereocenters. The molecule has 2 unspecified atom stereocenters. The maximum Gasteiger partial charge on any atom is 0.329 e. The molecule has 5 nitrogen and oxygen atoms in total. The summed E-state index contributed by atoms with van der Waals surface area (Å²) < 4.78 is 0. The minimum absolute atomic E-state index is 0.111. The number of carboxylic acid groups (broad SMARTS) is 1. The van der Waals surface area contributed by atoms with Crippen LogP contribution in [0.2, 0.25) is 0 Å². The van der Waals surface area contributed by atoms with E-state index in [0.717, 1.165) is 19.3 Å². The van der Waals surface area contributed by atoms with Gasteiger partial charge < -0.3 is 15.3 Å². The molecule has 0 aromatic carbocycles. The lowest BCUT2D eigenvalue weighted by Crippen LogP contribution is -2.59. The van der Waals surface area contributed by atoms with E-state index in [0.29, 0.717) is 13.0 Å². The van der Waals surface area contributed by atoms with E-state index in [9.17, 15) is 14.7 Å². The van der Waals surface area contributed by atoms with Crippen molar-refractivity contribution in [3.8, 4) is 0 Å². The molecule has 5 heteroatoms. The second-order valence-electron chi connectivity index (χ2n) is 5.27. The zero-order valence-corrected chi connectivity index (χ0v) is 11.5. The number of amides is 1. The fraction of sp³-hybridized carbons (Fsp3) is 0.846. The van der Waals surface area contributed by atoms with Crippen molar-refractivity contribution in [2.75, 3.05) is 13.1 Å². The third-order valence-electron chi connectivity index (χ3n) is 3.87. The Kier molecular flexibility index (Phi) is 5.14. The molecule has 2 N–H and O–H groups in total. The Labute approximate surface area is 109 Å². The molecule has 1 rings (SSSR count). The Morgan fingerprint density at radius 3 is 2.67 bits per heavy atom. The average Bonchev–Trinajstić information content (AvgIpc) is 2.35. The largest absolute Gasteiger partial charge is 0.480 e. The summed E-state index contributed by atoms with van der Waals surface area (Å²) in [5.41, 5.74) is -1.04. The Hall–Kier alpha value is -1.10. The summed E-state index contributed by atoms with van der Waals surface area (Å²) in [5.74, 6) is -1.01. The van der Waals surface area contributed by atoms with E-state index in [2.05, 4.69) is 5.32 Å².